The highest BCUT2D eigenvalue weighted by molar-refractivity contribution is 5.39. The Kier molecular flexibility index (Phi) is 2.10. The van der Waals surface area contributed by atoms with E-state index in [1.54, 1.807) is 19.0 Å². The van der Waals surface area contributed by atoms with E-state index < -0.39 is 5.69 Å². The monoisotopic (exact) mass is 164 g/mol. The van der Waals surface area contributed by atoms with Crippen LogP contribution in [0.4, 0.5) is 5.82 Å². The molecule has 0 atom stereocenters. The van der Waals surface area contributed by atoms with Gasteiger partial charge in [0.15, 0.2) is 0 Å². The summed E-state index contributed by atoms with van der Waals surface area (Å²) in [5.41, 5.74) is -0.281. The molecule has 0 fully saturated rings. The van der Waals surface area contributed by atoms with Crippen molar-refractivity contribution in [3.63, 3.8) is 0 Å². The maximum atomic E-state index is 10.8. The van der Waals surface area contributed by atoms with Crippen LogP contribution in [-0.2, 0) is 0 Å². The van der Waals surface area contributed by atoms with Crippen molar-refractivity contribution in [3.8, 4) is 6.07 Å². The number of aromatic nitrogens is 2. The first-order valence-electron chi connectivity index (χ1n) is 3.32. The third kappa shape index (κ3) is 1.61. The number of rotatable bonds is 1. The van der Waals surface area contributed by atoms with E-state index in [0.717, 1.165) is 0 Å². The van der Waals surface area contributed by atoms with Gasteiger partial charge < -0.3 is 4.90 Å². The Labute approximate surface area is 69.3 Å². The Morgan fingerprint density at radius 1 is 1.67 bits per heavy atom. The smallest absolute Gasteiger partial charge is 0.347 e. The second-order valence-corrected chi connectivity index (χ2v) is 2.46. The number of H-pyrrole nitrogens is 1. The first kappa shape index (κ1) is 8.27. The zero-order chi connectivity index (χ0) is 9.14. The first-order valence-corrected chi connectivity index (χ1v) is 3.32. The maximum Gasteiger partial charge on any atom is 0.347 e. The Morgan fingerprint density at radius 3 is 2.83 bits per heavy atom. The molecule has 0 aliphatic carbocycles. The van der Waals surface area contributed by atoms with E-state index in [9.17, 15) is 4.79 Å². The van der Waals surface area contributed by atoms with Gasteiger partial charge in [0.25, 0.3) is 0 Å². The Morgan fingerprint density at radius 2 is 2.33 bits per heavy atom. The summed E-state index contributed by atoms with van der Waals surface area (Å²) in [4.78, 5) is 18.4. The van der Waals surface area contributed by atoms with Crippen molar-refractivity contribution >= 4 is 5.82 Å². The number of hydrogen-bond donors (Lipinski definition) is 1. The topological polar surface area (TPSA) is 72.8 Å². The molecule has 5 nitrogen and oxygen atoms in total. The van der Waals surface area contributed by atoms with Crippen molar-refractivity contribution in [2.75, 3.05) is 19.0 Å². The largest absolute Gasteiger partial charge is 0.362 e. The van der Waals surface area contributed by atoms with Crippen molar-refractivity contribution in [1.82, 2.24) is 9.97 Å². The van der Waals surface area contributed by atoms with Crippen molar-refractivity contribution in [3.05, 3.63) is 22.2 Å². The van der Waals surface area contributed by atoms with Gasteiger partial charge in [0.1, 0.15) is 17.6 Å². The summed E-state index contributed by atoms with van der Waals surface area (Å²) < 4.78 is 0. The van der Waals surface area contributed by atoms with Gasteiger partial charge in [-0.1, -0.05) is 0 Å². The number of aromatic amines is 1. The normalized spacial score (nSPS) is 9.08. The van der Waals surface area contributed by atoms with E-state index in [4.69, 9.17) is 5.26 Å². The molecule has 0 saturated heterocycles. The van der Waals surface area contributed by atoms with E-state index in [0.29, 0.717) is 5.82 Å². The second kappa shape index (κ2) is 3.05. The van der Waals surface area contributed by atoms with Crippen LogP contribution in [0.15, 0.2) is 10.9 Å². The van der Waals surface area contributed by atoms with E-state index in [1.807, 2.05) is 6.07 Å². The summed E-state index contributed by atoms with van der Waals surface area (Å²) in [6, 6.07) is 3.36. The third-order valence-corrected chi connectivity index (χ3v) is 1.31. The van der Waals surface area contributed by atoms with Gasteiger partial charge in [0.05, 0.1) is 0 Å². The van der Waals surface area contributed by atoms with Crippen LogP contribution in [0.3, 0.4) is 0 Å². The molecule has 1 aromatic heterocycles. The number of nitrogens with zero attached hydrogens (tertiary/aromatic N) is 3. The van der Waals surface area contributed by atoms with Gasteiger partial charge in [0.2, 0.25) is 0 Å². The lowest BCUT2D eigenvalue weighted by Gasteiger charge is -2.09. The molecule has 0 radical (unpaired) electrons. The molecule has 62 valence electrons. The summed E-state index contributed by atoms with van der Waals surface area (Å²) in [6.07, 6.45) is 0. The molecular formula is C7H8N4O. The third-order valence-electron chi connectivity index (χ3n) is 1.31. The van der Waals surface area contributed by atoms with Gasteiger partial charge in [-0.15, -0.1) is 0 Å². The predicted octanol–water partition coefficient (Wildman–Crippen LogP) is -0.292. The molecule has 0 aliphatic heterocycles. The van der Waals surface area contributed by atoms with Crippen molar-refractivity contribution in [1.29, 1.82) is 5.26 Å². The van der Waals surface area contributed by atoms with Crippen LogP contribution in [-0.4, -0.2) is 24.1 Å². The quantitative estimate of drug-likeness (QED) is 0.618. The van der Waals surface area contributed by atoms with Crippen molar-refractivity contribution in [2.24, 2.45) is 0 Å². The number of nitriles is 1. The summed E-state index contributed by atoms with van der Waals surface area (Å²) in [7, 11) is 3.51. The molecule has 0 aliphatic rings. The van der Waals surface area contributed by atoms with Crippen LogP contribution in [0.1, 0.15) is 5.69 Å². The van der Waals surface area contributed by atoms with E-state index in [2.05, 4.69) is 9.97 Å². The molecule has 5 heteroatoms. The minimum atomic E-state index is -0.502. The van der Waals surface area contributed by atoms with E-state index in [1.165, 1.54) is 6.07 Å². The SMILES string of the molecule is CN(C)c1cc(C#N)[nH]c(=O)n1. The van der Waals surface area contributed by atoms with Crippen molar-refractivity contribution in [2.45, 2.75) is 0 Å². The zero-order valence-electron chi connectivity index (χ0n) is 6.83. The van der Waals surface area contributed by atoms with Gasteiger partial charge in [-0.2, -0.15) is 10.2 Å². The molecule has 0 saturated carbocycles. The highest BCUT2D eigenvalue weighted by atomic mass is 16.1. The fourth-order valence-corrected chi connectivity index (χ4v) is 0.734. The van der Waals surface area contributed by atoms with Crippen LogP contribution in [0.25, 0.3) is 0 Å². The molecule has 0 bridgehead atoms. The highest BCUT2D eigenvalue weighted by Gasteiger charge is 2.00. The average molecular weight is 164 g/mol. The summed E-state index contributed by atoms with van der Waals surface area (Å²) >= 11 is 0. The Hall–Kier alpha value is -1.83. The minimum Gasteiger partial charge on any atom is -0.362 e. The molecule has 0 unspecified atom stereocenters. The lowest BCUT2D eigenvalue weighted by molar-refractivity contribution is 0.987. The Balaban J connectivity index is 3.27. The van der Waals surface area contributed by atoms with Gasteiger partial charge in [-0.3, -0.25) is 4.98 Å². The first-order chi connectivity index (χ1) is 5.63. The molecule has 1 rings (SSSR count). The second-order valence-electron chi connectivity index (χ2n) is 2.46. The molecule has 1 aromatic rings. The van der Waals surface area contributed by atoms with Gasteiger partial charge in [-0.05, 0) is 0 Å². The van der Waals surface area contributed by atoms with Gasteiger partial charge in [-0.25, -0.2) is 4.79 Å². The summed E-state index contributed by atoms with van der Waals surface area (Å²) in [5.74, 6) is 0.482. The van der Waals surface area contributed by atoms with Gasteiger partial charge >= 0.3 is 5.69 Å². The number of nitrogens with one attached hydrogen (secondary N) is 1. The lowest BCUT2D eigenvalue weighted by Crippen LogP contribution is -2.19. The fourth-order valence-electron chi connectivity index (χ4n) is 0.734. The molecule has 12 heavy (non-hydrogen) atoms. The number of anilines is 1. The fraction of sp³-hybridized carbons (Fsp3) is 0.286. The predicted molar refractivity (Wildman–Crippen MR) is 43.9 cm³/mol. The minimum absolute atomic E-state index is 0.221. The highest BCUT2D eigenvalue weighted by Crippen LogP contribution is 2.03. The molecule has 0 aromatic carbocycles. The van der Waals surface area contributed by atoms with E-state index >= 15 is 0 Å². The van der Waals surface area contributed by atoms with Crippen LogP contribution in [0.5, 0.6) is 0 Å². The maximum absolute atomic E-state index is 10.8. The zero-order valence-corrected chi connectivity index (χ0v) is 6.83. The number of hydrogen-bond acceptors (Lipinski definition) is 4. The van der Waals surface area contributed by atoms with Crippen LogP contribution < -0.4 is 10.6 Å². The molecule has 1 heterocycles. The molecule has 0 amide bonds. The van der Waals surface area contributed by atoms with Crippen LogP contribution in [0, 0.1) is 11.3 Å². The Bertz CT molecular complexity index is 374. The van der Waals surface area contributed by atoms with E-state index in [-0.39, 0.29) is 5.69 Å². The van der Waals surface area contributed by atoms with Crippen LogP contribution >= 0.6 is 0 Å². The molecule has 0 spiro atoms. The van der Waals surface area contributed by atoms with Gasteiger partial charge in [0, 0.05) is 20.2 Å². The van der Waals surface area contributed by atoms with Crippen molar-refractivity contribution < 1.29 is 0 Å². The molecular weight excluding hydrogens is 156 g/mol. The standard InChI is InChI=1S/C7H8N4O/c1-11(2)6-3-5(4-8)9-7(12)10-6/h3H,1-2H3,(H,9,10,12). The average Bonchev–Trinajstić information content (AvgIpc) is 2.03. The lowest BCUT2D eigenvalue weighted by atomic mass is 10.4. The molecule has 1 N–H and O–H groups in total. The summed E-state index contributed by atoms with van der Waals surface area (Å²) in [5, 5.41) is 8.50. The summed E-state index contributed by atoms with van der Waals surface area (Å²) in [6.45, 7) is 0. The van der Waals surface area contributed by atoms with Crippen LogP contribution in [0.2, 0.25) is 0 Å².